The third-order valence-corrected chi connectivity index (χ3v) is 10.5. The fourth-order valence-corrected chi connectivity index (χ4v) is 8.21. The summed E-state index contributed by atoms with van der Waals surface area (Å²) in [6.45, 7) is 0. The Kier molecular flexibility index (Phi) is 5.96. The molecule has 0 unspecified atom stereocenters. The lowest BCUT2D eigenvalue weighted by molar-refractivity contribution is 0.669. The van der Waals surface area contributed by atoms with Gasteiger partial charge in [-0.05, 0) is 76.9 Å². The maximum atomic E-state index is 6.34. The van der Waals surface area contributed by atoms with E-state index in [0.717, 1.165) is 33.3 Å². The fourth-order valence-electron chi connectivity index (χ4n) is 8.21. The molecule has 0 atom stereocenters. The summed E-state index contributed by atoms with van der Waals surface area (Å²) in [5, 5.41) is 7.22. The molecule has 0 bridgehead atoms. The molecule has 0 spiro atoms. The van der Waals surface area contributed by atoms with Crippen LogP contribution in [0.25, 0.3) is 99.2 Å². The fraction of sp³-hybridized carbons (Fsp3) is 0. The first kappa shape index (κ1) is 28.0. The SMILES string of the molecule is c1ccc(-c2ccc(-n3c4ccccc4c4ccc(-c5ccc6c7ccccc7n(-c7cccc8oc9ccccc9c78)c6c5)cc43)cc2)cc1. The Bertz CT molecular complexity index is 3120. The molecule has 0 aliphatic heterocycles. The lowest BCUT2D eigenvalue weighted by Gasteiger charge is -2.12. The van der Waals surface area contributed by atoms with E-state index >= 15 is 0 Å². The van der Waals surface area contributed by atoms with Crippen LogP contribution in [0, 0.1) is 0 Å². The largest absolute Gasteiger partial charge is 0.456 e. The monoisotopic (exact) mass is 650 g/mol. The van der Waals surface area contributed by atoms with Crippen LogP contribution in [0.2, 0.25) is 0 Å². The number of hydrogen-bond donors (Lipinski definition) is 0. The summed E-state index contributed by atoms with van der Waals surface area (Å²) in [6.07, 6.45) is 0. The minimum Gasteiger partial charge on any atom is -0.456 e. The van der Waals surface area contributed by atoms with Crippen molar-refractivity contribution in [2.75, 3.05) is 0 Å². The number of fused-ring (bicyclic) bond motifs is 9. The summed E-state index contributed by atoms with van der Waals surface area (Å²) < 4.78 is 11.2. The normalized spacial score (nSPS) is 11.9. The Hall–Kier alpha value is -6.84. The van der Waals surface area contributed by atoms with E-state index in [0.29, 0.717) is 0 Å². The van der Waals surface area contributed by atoms with Gasteiger partial charge in [-0.25, -0.2) is 0 Å². The van der Waals surface area contributed by atoms with Gasteiger partial charge in [0.1, 0.15) is 11.2 Å². The zero-order chi connectivity index (χ0) is 33.5. The van der Waals surface area contributed by atoms with Gasteiger partial charge in [-0.15, -0.1) is 0 Å². The van der Waals surface area contributed by atoms with Crippen LogP contribution in [0.15, 0.2) is 186 Å². The van der Waals surface area contributed by atoms with E-state index in [4.69, 9.17) is 4.42 Å². The van der Waals surface area contributed by atoms with Crippen LogP contribution >= 0.6 is 0 Å². The standard InChI is InChI=1S/C48H30N2O/c1-2-11-31(12-3-1)32-21-25-35(26-22-32)49-41-16-7-4-13-36(41)38-27-23-33(29-44(38)49)34-24-28-39-37-14-5-8-17-42(37)50(45(39)30-34)43-18-10-20-47-48(43)40-15-6-9-19-46(40)51-47/h1-30H. The Morgan fingerprint density at radius 3 is 1.53 bits per heavy atom. The molecule has 0 fully saturated rings. The van der Waals surface area contributed by atoms with Crippen LogP contribution in [-0.2, 0) is 0 Å². The van der Waals surface area contributed by atoms with Crippen molar-refractivity contribution in [3.63, 3.8) is 0 Å². The summed E-state index contributed by atoms with van der Waals surface area (Å²) in [6, 6.07) is 65.5. The number of benzene rings is 8. The van der Waals surface area contributed by atoms with Gasteiger partial charge in [0, 0.05) is 32.6 Å². The minimum absolute atomic E-state index is 0.894. The molecule has 0 saturated heterocycles. The molecule has 0 amide bonds. The summed E-state index contributed by atoms with van der Waals surface area (Å²) in [5.74, 6) is 0. The third kappa shape index (κ3) is 4.19. The van der Waals surface area contributed by atoms with Crippen molar-refractivity contribution in [1.29, 1.82) is 0 Å². The van der Waals surface area contributed by atoms with E-state index in [-0.39, 0.29) is 0 Å². The number of furan rings is 1. The van der Waals surface area contributed by atoms with Crippen molar-refractivity contribution in [3.8, 4) is 33.6 Å². The predicted octanol–water partition coefficient (Wildman–Crippen LogP) is 13.1. The van der Waals surface area contributed by atoms with E-state index in [1.807, 2.05) is 6.07 Å². The van der Waals surface area contributed by atoms with Crippen LogP contribution in [0.5, 0.6) is 0 Å². The first-order valence-electron chi connectivity index (χ1n) is 17.4. The van der Waals surface area contributed by atoms with Gasteiger partial charge in [-0.1, -0.05) is 127 Å². The Morgan fingerprint density at radius 2 is 0.824 bits per heavy atom. The highest BCUT2D eigenvalue weighted by Crippen LogP contribution is 2.41. The Morgan fingerprint density at radius 1 is 0.314 bits per heavy atom. The highest BCUT2D eigenvalue weighted by Gasteiger charge is 2.19. The molecule has 8 aromatic carbocycles. The maximum Gasteiger partial charge on any atom is 0.137 e. The van der Waals surface area contributed by atoms with Crippen LogP contribution < -0.4 is 0 Å². The molecule has 0 saturated carbocycles. The van der Waals surface area contributed by atoms with E-state index in [1.165, 1.54) is 65.9 Å². The van der Waals surface area contributed by atoms with Crippen molar-refractivity contribution >= 4 is 65.6 Å². The molecule has 3 aromatic heterocycles. The average molecular weight is 651 g/mol. The van der Waals surface area contributed by atoms with Crippen molar-refractivity contribution in [2.24, 2.45) is 0 Å². The topological polar surface area (TPSA) is 23.0 Å². The van der Waals surface area contributed by atoms with Crippen molar-refractivity contribution < 1.29 is 4.42 Å². The molecule has 0 radical (unpaired) electrons. The number of nitrogens with zero attached hydrogens (tertiary/aromatic N) is 2. The van der Waals surface area contributed by atoms with E-state index in [1.54, 1.807) is 0 Å². The minimum atomic E-state index is 0.894. The highest BCUT2D eigenvalue weighted by molar-refractivity contribution is 6.15. The van der Waals surface area contributed by atoms with E-state index < -0.39 is 0 Å². The lowest BCUT2D eigenvalue weighted by atomic mass is 10.0. The molecular weight excluding hydrogens is 621 g/mol. The second-order valence-corrected chi connectivity index (χ2v) is 13.3. The molecule has 0 N–H and O–H groups in total. The van der Waals surface area contributed by atoms with Crippen LogP contribution in [0.1, 0.15) is 0 Å². The number of para-hydroxylation sites is 3. The second-order valence-electron chi connectivity index (χ2n) is 13.3. The summed E-state index contributed by atoms with van der Waals surface area (Å²) >= 11 is 0. The average Bonchev–Trinajstić information content (AvgIpc) is 3.85. The van der Waals surface area contributed by atoms with Gasteiger partial charge >= 0.3 is 0 Å². The predicted molar refractivity (Wildman–Crippen MR) is 213 cm³/mol. The first-order chi connectivity index (χ1) is 25.3. The molecule has 0 aliphatic rings. The van der Waals surface area contributed by atoms with Gasteiger partial charge in [0.2, 0.25) is 0 Å². The van der Waals surface area contributed by atoms with Crippen molar-refractivity contribution in [3.05, 3.63) is 182 Å². The molecule has 11 rings (SSSR count). The number of hydrogen-bond acceptors (Lipinski definition) is 1. The molecule has 11 aromatic rings. The zero-order valence-corrected chi connectivity index (χ0v) is 27.6. The van der Waals surface area contributed by atoms with Crippen LogP contribution in [0.3, 0.4) is 0 Å². The van der Waals surface area contributed by atoms with Gasteiger partial charge in [0.15, 0.2) is 0 Å². The Balaban J connectivity index is 1.13. The van der Waals surface area contributed by atoms with Gasteiger partial charge in [-0.3, -0.25) is 0 Å². The molecule has 3 heterocycles. The van der Waals surface area contributed by atoms with Crippen LogP contribution in [-0.4, -0.2) is 9.13 Å². The summed E-state index contributed by atoms with van der Waals surface area (Å²) in [4.78, 5) is 0. The van der Waals surface area contributed by atoms with Gasteiger partial charge in [0.05, 0.1) is 33.1 Å². The second kappa shape index (κ2) is 10.8. The highest BCUT2D eigenvalue weighted by atomic mass is 16.3. The van der Waals surface area contributed by atoms with E-state index in [2.05, 4.69) is 185 Å². The maximum absolute atomic E-state index is 6.34. The zero-order valence-electron chi connectivity index (χ0n) is 27.6. The summed E-state index contributed by atoms with van der Waals surface area (Å²) in [5.41, 5.74) is 13.6. The number of rotatable bonds is 4. The van der Waals surface area contributed by atoms with Crippen LogP contribution in [0.4, 0.5) is 0 Å². The molecule has 3 heteroatoms. The molecule has 3 nitrogen and oxygen atoms in total. The molecular formula is C48H30N2O. The van der Waals surface area contributed by atoms with Gasteiger partial charge in [-0.2, -0.15) is 0 Å². The molecule has 0 aliphatic carbocycles. The Labute approximate surface area is 293 Å². The first-order valence-corrected chi connectivity index (χ1v) is 17.4. The molecule has 238 valence electrons. The smallest absolute Gasteiger partial charge is 0.137 e. The van der Waals surface area contributed by atoms with E-state index in [9.17, 15) is 0 Å². The quantitative estimate of drug-likeness (QED) is 0.186. The van der Waals surface area contributed by atoms with Crippen molar-refractivity contribution in [2.45, 2.75) is 0 Å². The molecule has 51 heavy (non-hydrogen) atoms. The third-order valence-electron chi connectivity index (χ3n) is 10.5. The number of aromatic nitrogens is 2. The lowest BCUT2D eigenvalue weighted by Crippen LogP contribution is -1.95. The van der Waals surface area contributed by atoms with Gasteiger partial charge < -0.3 is 13.6 Å². The van der Waals surface area contributed by atoms with Crippen molar-refractivity contribution in [1.82, 2.24) is 9.13 Å². The summed E-state index contributed by atoms with van der Waals surface area (Å²) in [7, 11) is 0. The van der Waals surface area contributed by atoms with Gasteiger partial charge in [0.25, 0.3) is 0 Å².